The standard InChI is InChI=1S/C17H20N2O2/c1-4-21-14-7-5-13(6-8-14)17(20)19-16-10-15(18)11(2)9-12(16)3/h5-10H,4,18H2,1-3H3,(H,19,20). The minimum Gasteiger partial charge on any atom is -0.494 e. The largest absolute Gasteiger partial charge is 0.494 e. The summed E-state index contributed by atoms with van der Waals surface area (Å²) in [5.41, 5.74) is 9.87. The molecule has 4 heteroatoms. The van der Waals surface area contributed by atoms with Crippen molar-refractivity contribution in [3.8, 4) is 5.75 Å². The second-order valence-electron chi connectivity index (χ2n) is 4.94. The smallest absolute Gasteiger partial charge is 0.255 e. The minimum atomic E-state index is -0.163. The van der Waals surface area contributed by atoms with Crippen molar-refractivity contribution in [3.05, 3.63) is 53.1 Å². The first-order chi connectivity index (χ1) is 10.0. The first kappa shape index (κ1) is 14.9. The van der Waals surface area contributed by atoms with Crippen LogP contribution in [0.3, 0.4) is 0 Å². The van der Waals surface area contributed by atoms with Crippen LogP contribution < -0.4 is 15.8 Å². The highest BCUT2D eigenvalue weighted by molar-refractivity contribution is 6.05. The van der Waals surface area contributed by atoms with E-state index in [1.807, 2.05) is 26.8 Å². The summed E-state index contributed by atoms with van der Waals surface area (Å²) in [6.45, 7) is 6.42. The van der Waals surface area contributed by atoms with Crippen molar-refractivity contribution in [2.75, 3.05) is 17.7 Å². The van der Waals surface area contributed by atoms with Crippen molar-refractivity contribution in [2.45, 2.75) is 20.8 Å². The van der Waals surface area contributed by atoms with Gasteiger partial charge in [-0.3, -0.25) is 4.79 Å². The number of rotatable bonds is 4. The lowest BCUT2D eigenvalue weighted by molar-refractivity contribution is 0.102. The number of benzene rings is 2. The predicted octanol–water partition coefficient (Wildman–Crippen LogP) is 3.54. The topological polar surface area (TPSA) is 64.3 Å². The monoisotopic (exact) mass is 284 g/mol. The molecule has 2 aromatic rings. The van der Waals surface area contributed by atoms with Gasteiger partial charge < -0.3 is 15.8 Å². The Morgan fingerprint density at radius 1 is 1.14 bits per heavy atom. The number of nitrogens with one attached hydrogen (secondary N) is 1. The molecule has 0 bridgehead atoms. The number of nitrogens with two attached hydrogens (primary N) is 1. The normalized spacial score (nSPS) is 10.2. The zero-order valence-electron chi connectivity index (χ0n) is 12.6. The molecule has 0 unspecified atom stereocenters. The maximum absolute atomic E-state index is 12.2. The van der Waals surface area contributed by atoms with Crippen LogP contribution >= 0.6 is 0 Å². The van der Waals surface area contributed by atoms with Gasteiger partial charge in [-0.1, -0.05) is 6.07 Å². The maximum atomic E-state index is 12.2. The van der Waals surface area contributed by atoms with Crippen LogP contribution in [0.4, 0.5) is 11.4 Å². The van der Waals surface area contributed by atoms with E-state index in [4.69, 9.17) is 10.5 Å². The summed E-state index contributed by atoms with van der Waals surface area (Å²) in [5, 5.41) is 2.89. The van der Waals surface area contributed by atoms with E-state index >= 15 is 0 Å². The van der Waals surface area contributed by atoms with Gasteiger partial charge in [-0.05, 0) is 62.2 Å². The highest BCUT2D eigenvalue weighted by Gasteiger charge is 2.09. The third-order valence-electron chi connectivity index (χ3n) is 3.29. The Labute approximate surface area is 124 Å². The molecule has 21 heavy (non-hydrogen) atoms. The van der Waals surface area contributed by atoms with Crippen LogP contribution in [-0.4, -0.2) is 12.5 Å². The number of amides is 1. The Morgan fingerprint density at radius 3 is 2.43 bits per heavy atom. The van der Waals surface area contributed by atoms with Crippen LogP contribution in [0, 0.1) is 13.8 Å². The van der Waals surface area contributed by atoms with Gasteiger partial charge in [-0.15, -0.1) is 0 Å². The highest BCUT2D eigenvalue weighted by atomic mass is 16.5. The van der Waals surface area contributed by atoms with E-state index in [1.54, 1.807) is 30.3 Å². The van der Waals surface area contributed by atoms with Gasteiger partial charge >= 0.3 is 0 Å². The second kappa shape index (κ2) is 6.31. The molecule has 2 aromatic carbocycles. The quantitative estimate of drug-likeness (QED) is 0.844. The zero-order valence-corrected chi connectivity index (χ0v) is 12.6. The third kappa shape index (κ3) is 3.54. The Hall–Kier alpha value is -2.49. The molecule has 0 radical (unpaired) electrons. The summed E-state index contributed by atoms with van der Waals surface area (Å²) in [6, 6.07) is 10.8. The van der Waals surface area contributed by atoms with E-state index in [-0.39, 0.29) is 5.91 Å². The molecule has 2 rings (SSSR count). The molecule has 0 saturated heterocycles. The summed E-state index contributed by atoms with van der Waals surface area (Å²) in [6.07, 6.45) is 0. The van der Waals surface area contributed by atoms with Gasteiger partial charge in [0, 0.05) is 16.9 Å². The fourth-order valence-corrected chi connectivity index (χ4v) is 2.07. The van der Waals surface area contributed by atoms with Crippen LogP contribution in [0.15, 0.2) is 36.4 Å². The van der Waals surface area contributed by atoms with E-state index in [0.717, 1.165) is 22.6 Å². The van der Waals surface area contributed by atoms with Crippen LogP contribution in [0.2, 0.25) is 0 Å². The van der Waals surface area contributed by atoms with Crippen molar-refractivity contribution in [1.82, 2.24) is 0 Å². The number of hydrogen-bond donors (Lipinski definition) is 2. The van der Waals surface area contributed by atoms with Crippen molar-refractivity contribution < 1.29 is 9.53 Å². The van der Waals surface area contributed by atoms with Crippen molar-refractivity contribution in [2.24, 2.45) is 0 Å². The molecule has 1 amide bonds. The van der Waals surface area contributed by atoms with Gasteiger partial charge in [0.1, 0.15) is 5.75 Å². The van der Waals surface area contributed by atoms with Crippen molar-refractivity contribution >= 4 is 17.3 Å². The number of hydrogen-bond acceptors (Lipinski definition) is 3. The Bertz CT molecular complexity index is 649. The lowest BCUT2D eigenvalue weighted by atomic mass is 10.1. The lowest BCUT2D eigenvalue weighted by Gasteiger charge is -2.11. The molecule has 0 aliphatic heterocycles. The summed E-state index contributed by atoms with van der Waals surface area (Å²) in [5.74, 6) is 0.592. The fraction of sp³-hybridized carbons (Fsp3) is 0.235. The fourth-order valence-electron chi connectivity index (χ4n) is 2.07. The molecular formula is C17H20N2O2. The van der Waals surface area contributed by atoms with Crippen LogP contribution in [-0.2, 0) is 0 Å². The van der Waals surface area contributed by atoms with Gasteiger partial charge in [-0.25, -0.2) is 0 Å². The van der Waals surface area contributed by atoms with Gasteiger partial charge in [0.2, 0.25) is 0 Å². The molecule has 0 aliphatic carbocycles. The van der Waals surface area contributed by atoms with E-state index in [9.17, 15) is 4.79 Å². The van der Waals surface area contributed by atoms with E-state index in [2.05, 4.69) is 5.32 Å². The average molecular weight is 284 g/mol. The molecule has 3 N–H and O–H groups in total. The number of nitrogen functional groups attached to an aromatic ring is 1. The van der Waals surface area contributed by atoms with Gasteiger partial charge in [0.25, 0.3) is 5.91 Å². The second-order valence-corrected chi connectivity index (χ2v) is 4.94. The minimum absolute atomic E-state index is 0.163. The number of aryl methyl sites for hydroxylation is 2. The third-order valence-corrected chi connectivity index (χ3v) is 3.29. The lowest BCUT2D eigenvalue weighted by Crippen LogP contribution is -2.13. The first-order valence-corrected chi connectivity index (χ1v) is 6.92. The Morgan fingerprint density at radius 2 is 1.81 bits per heavy atom. The molecule has 0 saturated carbocycles. The average Bonchev–Trinajstić information content (AvgIpc) is 2.46. The number of carbonyl (C=O) groups is 1. The molecule has 110 valence electrons. The highest BCUT2D eigenvalue weighted by Crippen LogP contribution is 2.23. The predicted molar refractivity (Wildman–Crippen MR) is 85.9 cm³/mol. The zero-order chi connectivity index (χ0) is 15.4. The van der Waals surface area contributed by atoms with Crippen molar-refractivity contribution in [3.63, 3.8) is 0 Å². The summed E-state index contributed by atoms with van der Waals surface area (Å²) >= 11 is 0. The molecule has 0 aromatic heterocycles. The number of carbonyl (C=O) groups excluding carboxylic acids is 1. The molecule has 4 nitrogen and oxygen atoms in total. The number of anilines is 2. The van der Waals surface area contributed by atoms with Crippen LogP contribution in [0.5, 0.6) is 5.75 Å². The summed E-state index contributed by atoms with van der Waals surface area (Å²) in [4.78, 5) is 12.2. The van der Waals surface area contributed by atoms with Gasteiger partial charge in [0.05, 0.1) is 6.61 Å². The number of ether oxygens (including phenoxy) is 1. The summed E-state index contributed by atoms with van der Waals surface area (Å²) < 4.78 is 5.36. The van der Waals surface area contributed by atoms with Crippen molar-refractivity contribution in [1.29, 1.82) is 0 Å². The van der Waals surface area contributed by atoms with E-state index < -0.39 is 0 Å². The van der Waals surface area contributed by atoms with Gasteiger partial charge in [-0.2, -0.15) is 0 Å². The van der Waals surface area contributed by atoms with Crippen LogP contribution in [0.25, 0.3) is 0 Å². The molecule has 0 atom stereocenters. The maximum Gasteiger partial charge on any atom is 0.255 e. The SMILES string of the molecule is CCOc1ccc(C(=O)Nc2cc(N)c(C)cc2C)cc1. The molecule has 0 aliphatic rings. The van der Waals surface area contributed by atoms with Crippen LogP contribution in [0.1, 0.15) is 28.4 Å². The van der Waals surface area contributed by atoms with E-state index in [0.29, 0.717) is 17.9 Å². The molecular weight excluding hydrogens is 264 g/mol. The van der Waals surface area contributed by atoms with E-state index in [1.165, 1.54) is 0 Å². The summed E-state index contributed by atoms with van der Waals surface area (Å²) in [7, 11) is 0. The molecule has 0 spiro atoms. The van der Waals surface area contributed by atoms with Gasteiger partial charge in [0.15, 0.2) is 0 Å². The molecule has 0 heterocycles. The molecule has 0 fully saturated rings. The Balaban J connectivity index is 2.16. The first-order valence-electron chi connectivity index (χ1n) is 6.92. The Kier molecular flexibility index (Phi) is 4.48.